The number of anilines is 6. The number of nitrogens with two attached hydrogens (primary N) is 1. The van der Waals surface area contributed by atoms with Gasteiger partial charge >= 0.3 is 0 Å². The van der Waals surface area contributed by atoms with E-state index in [1.54, 1.807) is 20.8 Å². The lowest BCUT2D eigenvalue weighted by Crippen LogP contribution is -2.13. The van der Waals surface area contributed by atoms with Gasteiger partial charge in [0.25, 0.3) is 0 Å². The topological polar surface area (TPSA) is 172 Å². The predicted molar refractivity (Wildman–Crippen MR) is 364 cm³/mol. The molecule has 0 fully saturated rings. The molecule has 0 aliphatic heterocycles. The number of hydrogen-bond acceptors (Lipinski definition) is 6. The molecule has 5 amide bonds. The van der Waals surface area contributed by atoms with Gasteiger partial charge in [-0.1, -0.05) is 30.3 Å². The molecule has 458 valence electrons. The molecule has 0 aromatic heterocycles. The average molecular weight is 1290 g/mol. The van der Waals surface area contributed by atoms with Crippen molar-refractivity contribution >= 4 is 95.5 Å². The summed E-state index contributed by atoms with van der Waals surface area (Å²) in [7, 11) is 0. The Hall–Kier alpha value is -6.57. The maximum atomic E-state index is 11.2. The number of rotatable bonds is 5. The molecular weight excluding hydrogens is 1200 g/mol. The molecule has 6 aliphatic rings. The maximum absolute atomic E-state index is 11.2. The maximum Gasteiger partial charge on any atom is 0.221 e. The Kier molecular flexibility index (Phi) is 25.7. The quantitative estimate of drug-likeness (QED) is 0.0938. The van der Waals surface area contributed by atoms with Crippen molar-refractivity contribution in [1.29, 1.82) is 0 Å². The summed E-state index contributed by atoms with van der Waals surface area (Å²) in [5.74, 6) is -0.0190. The van der Waals surface area contributed by atoms with Crippen LogP contribution in [0.15, 0.2) is 87.8 Å². The molecule has 13 heteroatoms. The van der Waals surface area contributed by atoms with E-state index in [1.165, 1.54) is 206 Å². The smallest absolute Gasteiger partial charge is 0.221 e. The number of fused-ring (bicyclic) bond motifs is 6. The van der Waals surface area contributed by atoms with E-state index in [4.69, 9.17) is 5.73 Å². The number of nitrogens with one attached hydrogen (secondary N) is 5. The predicted octanol–water partition coefficient (Wildman–Crippen LogP) is 17.2. The fraction of sp³-hybridized carbons (Fsp3) is 0.438. The molecule has 0 unspecified atom stereocenters. The van der Waals surface area contributed by atoms with E-state index in [2.05, 4.69) is 140 Å². The van der Waals surface area contributed by atoms with Crippen LogP contribution in [0.3, 0.4) is 0 Å². The Balaban J connectivity index is 0.000000148. The number of halogens is 2. The second-order valence-corrected chi connectivity index (χ2v) is 25.7. The van der Waals surface area contributed by atoms with Crippen LogP contribution in [0.5, 0.6) is 0 Å². The molecule has 0 saturated heterocycles. The molecule has 0 heterocycles. The van der Waals surface area contributed by atoms with E-state index in [0.717, 1.165) is 88.0 Å². The van der Waals surface area contributed by atoms with E-state index < -0.39 is 0 Å². The van der Waals surface area contributed by atoms with E-state index in [1.807, 2.05) is 18.2 Å². The van der Waals surface area contributed by atoms with Crippen molar-refractivity contribution in [2.24, 2.45) is 0 Å². The highest BCUT2D eigenvalue weighted by atomic mass is 79.9. The monoisotopic (exact) mass is 1290 g/mol. The number of amides is 5. The molecule has 86 heavy (non-hydrogen) atoms. The first kappa shape index (κ1) is 66.9. The SMILES string of the molecule is CC(=O)Nc1c(C)cc2c(c1C)CCCC2.CC(=O)Nc1cc2c(cc1Br)CCCC2.CC(=O)Nc1cc2c(cc1C)CCCC2.CC(=O)Nc1ccc2c(c1)CCCC2.CC(=O)Nc1ccc2c(c1Br)CCCC2.Nc1ccc2c(c1)CCCC2. The van der Waals surface area contributed by atoms with E-state index in [0.29, 0.717) is 0 Å². The lowest BCUT2D eigenvalue weighted by atomic mass is 9.86. The number of carbonyl (C=O) groups excluding carboxylic acids is 5. The fourth-order valence-electron chi connectivity index (χ4n) is 12.8. The van der Waals surface area contributed by atoms with Crippen molar-refractivity contribution < 1.29 is 24.0 Å². The summed E-state index contributed by atoms with van der Waals surface area (Å²) in [5, 5.41) is 14.3. The second kappa shape index (κ2) is 33.0. The van der Waals surface area contributed by atoms with Gasteiger partial charge in [-0.3, -0.25) is 24.0 Å². The Labute approximate surface area is 529 Å². The Morgan fingerprint density at radius 1 is 0.349 bits per heavy atom. The Morgan fingerprint density at radius 3 is 1.28 bits per heavy atom. The van der Waals surface area contributed by atoms with Crippen LogP contribution in [0.25, 0.3) is 0 Å². The van der Waals surface area contributed by atoms with Gasteiger partial charge in [-0.15, -0.1) is 0 Å². The van der Waals surface area contributed by atoms with Gasteiger partial charge in [0.2, 0.25) is 29.5 Å². The zero-order chi connectivity index (χ0) is 61.9. The van der Waals surface area contributed by atoms with E-state index in [-0.39, 0.29) is 29.5 Å². The first-order valence-corrected chi connectivity index (χ1v) is 33.0. The summed E-state index contributed by atoms with van der Waals surface area (Å²) in [6.45, 7) is 14.0. The van der Waals surface area contributed by atoms with Crippen molar-refractivity contribution in [3.8, 4) is 0 Å². The number of hydrogen-bond donors (Lipinski definition) is 6. The molecule has 0 spiro atoms. The normalized spacial score (nSPS) is 14.7. The van der Waals surface area contributed by atoms with E-state index in [9.17, 15) is 24.0 Å². The van der Waals surface area contributed by atoms with Crippen molar-refractivity contribution in [2.45, 2.75) is 209 Å². The summed E-state index contributed by atoms with van der Waals surface area (Å²) in [6.07, 6.45) is 29.5. The summed E-state index contributed by atoms with van der Waals surface area (Å²) < 4.78 is 2.05. The van der Waals surface area contributed by atoms with Crippen LogP contribution in [0.1, 0.15) is 195 Å². The number of benzene rings is 6. The zero-order valence-corrected chi connectivity index (χ0v) is 55.5. The van der Waals surface area contributed by atoms with Gasteiger partial charge < -0.3 is 32.3 Å². The standard InChI is InChI=1S/C14H19NO.C13H17NO.2C12H14BrNO.C12H15NO.C10H13N/c1-9-8-12-6-4-5-7-13(12)10(2)14(9)15-11(3)16;1-9-7-11-5-3-4-6-12(11)8-13(9)14-10(2)15;1-8(15)14-12-7-10-5-3-2-4-9(10)6-11(12)13;1-8(15)14-11-7-6-9-4-2-3-5-10(9)12(11)13;1-9(14)13-12-7-6-10-4-2-3-5-11(10)8-12;11-10-6-5-8-3-1-2-4-9(8)7-10/h8H,4-7H2,1-3H3,(H,15,16);7-8H,3-6H2,1-2H3,(H,14,15);2*6-7H,2-5H2,1H3,(H,14,15);6-8H,2-5H2,1H3,(H,13,14);5-7H,1-4,11H2. The van der Waals surface area contributed by atoms with Crippen molar-refractivity contribution in [2.75, 3.05) is 32.3 Å². The van der Waals surface area contributed by atoms with Gasteiger partial charge in [-0.25, -0.2) is 0 Å². The summed E-state index contributed by atoms with van der Waals surface area (Å²) in [4.78, 5) is 55.1. The highest BCUT2D eigenvalue weighted by Gasteiger charge is 2.19. The molecule has 7 N–H and O–H groups in total. The first-order valence-electron chi connectivity index (χ1n) is 31.5. The average Bonchev–Trinajstić information content (AvgIpc) is 2.44. The third kappa shape index (κ3) is 20.0. The van der Waals surface area contributed by atoms with Crippen LogP contribution >= 0.6 is 31.9 Å². The van der Waals surface area contributed by atoms with Crippen LogP contribution in [-0.4, -0.2) is 29.5 Å². The molecule has 6 aromatic rings. The molecule has 12 rings (SSSR count). The molecule has 11 nitrogen and oxygen atoms in total. The van der Waals surface area contributed by atoms with Crippen molar-refractivity contribution in [3.63, 3.8) is 0 Å². The van der Waals surface area contributed by atoms with Crippen LogP contribution in [0, 0.1) is 20.8 Å². The summed E-state index contributed by atoms with van der Waals surface area (Å²) >= 11 is 7.07. The fourth-order valence-corrected chi connectivity index (χ4v) is 14.0. The van der Waals surface area contributed by atoms with E-state index >= 15 is 0 Å². The van der Waals surface area contributed by atoms with Gasteiger partial charge in [0.1, 0.15) is 0 Å². The third-order valence-corrected chi connectivity index (χ3v) is 18.5. The lowest BCUT2D eigenvalue weighted by Gasteiger charge is -2.22. The lowest BCUT2D eigenvalue weighted by molar-refractivity contribution is -0.115. The summed E-state index contributed by atoms with van der Waals surface area (Å²) in [6, 6.07) is 27.5. The minimum Gasteiger partial charge on any atom is -0.399 e. The number of carbonyl (C=O) groups is 5. The highest BCUT2D eigenvalue weighted by Crippen LogP contribution is 2.36. The van der Waals surface area contributed by atoms with Crippen molar-refractivity contribution in [3.05, 3.63) is 171 Å². The van der Waals surface area contributed by atoms with Crippen LogP contribution in [0.4, 0.5) is 34.1 Å². The second-order valence-electron chi connectivity index (χ2n) is 24.1. The third-order valence-electron chi connectivity index (χ3n) is 17.0. The molecule has 0 radical (unpaired) electrons. The van der Waals surface area contributed by atoms with Crippen LogP contribution in [-0.2, 0) is 101 Å². The minimum absolute atomic E-state index is 0.000703. The molecule has 6 aromatic carbocycles. The highest BCUT2D eigenvalue weighted by molar-refractivity contribution is 9.11. The minimum atomic E-state index is -0.0218. The van der Waals surface area contributed by atoms with Gasteiger partial charge in [0.05, 0.1) is 11.4 Å². The molecular formula is C73H92Br2N6O5. The number of aryl methyl sites for hydroxylation is 12. The number of nitrogen functional groups attached to an aromatic ring is 1. The van der Waals surface area contributed by atoms with Gasteiger partial charge in [0, 0.05) is 66.3 Å². The van der Waals surface area contributed by atoms with Gasteiger partial charge in [-0.2, -0.15) is 0 Å². The first-order chi connectivity index (χ1) is 41.2. The van der Waals surface area contributed by atoms with Crippen LogP contribution in [0.2, 0.25) is 0 Å². The van der Waals surface area contributed by atoms with Gasteiger partial charge in [-0.05, 0) is 339 Å². The molecule has 0 bridgehead atoms. The van der Waals surface area contributed by atoms with Crippen LogP contribution < -0.4 is 32.3 Å². The molecule has 0 saturated carbocycles. The Morgan fingerprint density at radius 2 is 0.733 bits per heavy atom. The van der Waals surface area contributed by atoms with Crippen molar-refractivity contribution in [1.82, 2.24) is 0 Å². The zero-order valence-electron chi connectivity index (χ0n) is 52.4. The summed E-state index contributed by atoms with van der Waals surface area (Å²) in [5.41, 5.74) is 32.2. The largest absolute Gasteiger partial charge is 0.399 e. The van der Waals surface area contributed by atoms with Gasteiger partial charge in [0.15, 0.2) is 0 Å². The Bertz CT molecular complexity index is 3310. The molecule has 6 aliphatic carbocycles. The molecule has 0 atom stereocenters.